The molecule has 1 heteroatoms. The van der Waals surface area contributed by atoms with Gasteiger partial charge in [-0.2, -0.15) is 0 Å². The van der Waals surface area contributed by atoms with E-state index in [0.29, 0.717) is 35.7 Å². The highest BCUT2D eigenvalue weighted by atomic mass is 16.3. The molecule has 3 fully saturated rings. The molecule has 6 atom stereocenters. The molecule has 0 amide bonds. The second-order valence-corrected chi connectivity index (χ2v) is 9.81. The highest BCUT2D eigenvalue weighted by Gasteiger charge is 2.50. The molecule has 26 heavy (non-hydrogen) atoms. The smallest absolute Gasteiger partial charge is 0.0459 e. The summed E-state index contributed by atoms with van der Waals surface area (Å²) in [4.78, 5) is 0. The number of hydrogen-bond acceptors (Lipinski definition) is 1. The molecule has 0 saturated heterocycles. The van der Waals surface area contributed by atoms with Gasteiger partial charge in [0.1, 0.15) is 0 Å². The van der Waals surface area contributed by atoms with Crippen LogP contribution >= 0.6 is 0 Å². The van der Waals surface area contributed by atoms with E-state index < -0.39 is 0 Å². The molecule has 0 heterocycles. The van der Waals surface area contributed by atoms with Crippen LogP contribution in [0.3, 0.4) is 0 Å². The van der Waals surface area contributed by atoms with E-state index in [1.165, 1.54) is 56.9 Å². The summed E-state index contributed by atoms with van der Waals surface area (Å²) >= 11 is 0. The van der Waals surface area contributed by atoms with Gasteiger partial charge in [0.2, 0.25) is 0 Å². The van der Waals surface area contributed by atoms with Crippen LogP contribution in [0.1, 0.15) is 79.1 Å². The molecule has 0 spiro atoms. The first-order chi connectivity index (χ1) is 12.4. The number of hydrogen-bond donors (Lipinski definition) is 1. The Bertz CT molecular complexity index is 583. The highest BCUT2D eigenvalue weighted by molar-refractivity contribution is 5.28. The molecule has 3 aliphatic rings. The molecule has 0 aromatic heterocycles. The third kappa shape index (κ3) is 3.61. The largest absolute Gasteiger partial charge is 0.396 e. The molecule has 0 aromatic rings. The van der Waals surface area contributed by atoms with Gasteiger partial charge in [0.05, 0.1) is 0 Å². The van der Waals surface area contributed by atoms with Gasteiger partial charge in [0.15, 0.2) is 0 Å². The molecular formula is C25H40O. The van der Waals surface area contributed by atoms with Crippen molar-refractivity contribution >= 4 is 0 Å². The van der Waals surface area contributed by atoms with Crippen LogP contribution in [-0.4, -0.2) is 11.7 Å². The van der Waals surface area contributed by atoms with Crippen molar-refractivity contribution in [2.45, 2.75) is 79.1 Å². The number of rotatable bonds is 4. The minimum atomic E-state index is 0.344. The van der Waals surface area contributed by atoms with Gasteiger partial charge in [0.25, 0.3) is 0 Å². The van der Waals surface area contributed by atoms with Gasteiger partial charge in [-0.15, -0.1) is 0 Å². The zero-order valence-electron chi connectivity index (χ0n) is 17.6. The van der Waals surface area contributed by atoms with Gasteiger partial charge in [0, 0.05) is 6.61 Å². The SMILES string of the molecule is C=C1C(C)CC(=CC=C2CCCC3(C)C2CCC3C(C)CO)CC1CC. The lowest BCUT2D eigenvalue weighted by Crippen LogP contribution is -2.36. The van der Waals surface area contributed by atoms with E-state index in [1.807, 2.05) is 0 Å². The average molecular weight is 357 g/mol. The Morgan fingerprint density at radius 1 is 1.27 bits per heavy atom. The second-order valence-electron chi connectivity index (χ2n) is 9.81. The minimum absolute atomic E-state index is 0.344. The first-order valence-corrected chi connectivity index (χ1v) is 11.1. The number of aliphatic hydroxyl groups excluding tert-OH is 1. The maximum Gasteiger partial charge on any atom is 0.0459 e. The van der Waals surface area contributed by atoms with Crippen LogP contribution in [0.25, 0.3) is 0 Å². The molecule has 3 rings (SSSR count). The van der Waals surface area contributed by atoms with E-state index in [4.69, 9.17) is 0 Å². The Labute approximate surface area is 161 Å². The fraction of sp³-hybridized carbons (Fsp3) is 0.760. The molecule has 3 aliphatic carbocycles. The predicted octanol–water partition coefficient (Wildman–Crippen LogP) is 6.70. The Morgan fingerprint density at radius 3 is 2.73 bits per heavy atom. The number of aliphatic hydroxyl groups is 1. The number of allylic oxidation sites excluding steroid dienone is 5. The van der Waals surface area contributed by atoms with E-state index >= 15 is 0 Å². The molecule has 0 aromatic carbocycles. The van der Waals surface area contributed by atoms with Gasteiger partial charge < -0.3 is 5.11 Å². The van der Waals surface area contributed by atoms with E-state index in [2.05, 4.69) is 46.4 Å². The van der Waals surface area contributed by atoms with Gasteiger partial charge >= 0.3 is 0 Å². The Kier molecular flexibility index (Phi) is 6.17. The lowest BCUT2D eigenvalue weighted by molar-refractivity contribution is 0.0690. The molecule has 0 bridgehead atoms. The quantitative estimate of drug-likeness (QED) is 0.556. The maximum absolute atomic E-state index is 9.70. The predicted molar refractivity (Wildman–Crippen MR) is 112 cm³/mol. The highest BCUT2D eigenvalue weighted by Crippen LogP contribution is 2.59. The van der Waals surface area contributed by atoms with Crippen LogP contribution in [0, 0.1) is 35.0 Å². The minimum Gasteiger partial charge on any atom is -0.396 e. The van der Waals surface area contributed by atoms with Crippen molar-refractivity contribution in [3.63, 3.8) is 0 Å². The Hall–Kier alpha value is -0.820. The van der Waals surface area contributed by atoms with Crippen molar-refractivity contribution in [3.8, 4) is 0 Å². The van der Waals surface area contributed by atoms with E-state index in [9.17, 15) is 5.11 Å². The van der Waals surface area contributed by atoms with E-state index in [-0.39, 0.29) is 0 Å². The topological polar surface area (TPSA) is 20.2 Å². The van der Waals surface area contributed by atoms with E-state index in [1.54, 1.807) is 11.1 Å². The lowest BCUT2D eigenvalue weighted by Gasteiger charge is -2.44. The average Bonchev–Trinajstić information content (AvgIpc) is 2.99. The van der Waals surface area contributed by atoms with Gasteiger partial charge in [-0.25, -0.2) is 0 Å². The molecule has 1 nitrogen and oxygen atoms in total. The van der Waals surface area contributed by atoms with Crippen molar-refractivity contribution in [2.75, 3.05) is 6.61 Å². The van der Waals surface area contributed by atoms with Crippen LogP contribution in [0.15, 0.2) is 35.5 Å². The summed E-state index contributed by atoms with van der Waals surface area (Å²) in [6.45, 7) is 14.1. The molecule has 3 saturated carbocycles. The van der Waals surface area contributed by atoms with Gasteiger partial charge in [-0.3, -0.25) is 0 Å². The third-order valence-electron chi connectivity index (χ3n) is 8.27. The van der Waals surface area contributed by atoms with Crippen LogP contribution in [-0.2, 0) is 0 Å². The third-order valence-corrected chi connectivity index (χ3v) is 8.27. The Balaban J connectivity index is 1.78. The standard InChI is InChI=1S/C25H40O/c1-6-21-15-20(14-17(2)19(21)4)9-10-22-8-7-13-25(5)23(18(3)16-26)11-12-24(22)25/h9-10,17-18,21,23-24,26H,4,6-8,11-16H2,1-3,5H3. The molecule has 6 unspecified atom stereocenters. The summed E-state index contributed by atoms with van der Waals surface area (Å²) < 4.78 is 0. The zero-order valence-corrected chi connectivity index (χ0v) is 17.6. The van der Waals surface area contributed by atoms with Crippen molar-refractivity contribution in [1.29, 1.82) is 0 Å². The monoisotopic (exact) mass is 356 g/mol. The summed E-state index contributed by atoms with van der Waals surface area (Å²) in [5, 5.41) is 9.70. The zero-order chi connectivity index (χ0) is 18.9. The van der Waals surface area contributed by atoms with Crippen molar-refractivity contribution in [1.82, 2.24) is 0 Å². The summed E-state index contributed by atoms with van der Waals surface area (Å²) in [6, 6.07) is 0. The molecule has 146 valence electrons. The lowest BCUT2D eigenvalue weighted by atomic mass is 9.61. The summed E-state index contributed by atoms with van der Waals surface area (Å²) in [7, 11) is 0. The number of fused-ring (bicyclic) bond motifs is 1. The second kappa shape index (κ2) is 8.05. The van der Waals surface area contributed by atoms with Crippen LogP contribution in [0.5, 0.6) is 0 Å². The van der Waals surface area contributed by atoms with Crippen LogP contribution in [0.4, 0.5) is 0 Å². The van der Waals surface area contributed by atoms with Crippen molar-refractivity contribution in [2.24, 2.45) is 35.0 Å². The summed E-state index contributed by atoms with van der Waals surface area (Å²) in [5.74, 6) is 3.19. The molecule has 0 aliphatic heterocycles. The first kappa shape index (κ1) is 19.9. The van der Waals surface area contributed by atoms with Crippen molar-refractivity contribution in [3.05, 3.63) is 35.5 Å². The van der Waals surface area contributed by atoms with Gasteiger partial charge in [-0.05, 0) is 86.4 Å². The van der Waals surface area contributed by atoms with Crippen LogP contribution < -0.4 is 0 Å². The summed E-state index contributed by atoms with van der Waals surface area (Å²) in [5.41, 5.74) is 5.21. The first-order valence-electron chi connectivity index (χ1n) is 11.1. The molecule has 0 radical (unpaired) electrons. The normalized spacial score (nSPS) is 42.3. The fourth-order valence-electron chi connectivity index (χ4n) is 6.57. The molecule has 1 N–H and O–H groups in total. The van der Waals surface area contributed by atoms with Crippen LogP contribution in [0.2, 0.25) is 0 Å². The maximum atomic E-state index is 9.70. The van der Waals surface area contributed by atoms with Gasteiger partial charge in [-0.1, -0.05) is 63.1 Å². The molecular weight excluding hydrogens is 316 g/mol. The Morgan fingerprint density at radius 2 is 2.04 bits per heavy atom. The van der Waals surface area contributed by atoms with Crippen molar-refractivity contribution < 1.29 is 5.11 Å². The fourth-order valence-corrected chi connectivity index (χ4v) is 6.57. The van der Waals surface area contributed by atoms with E-state index in [0.717, 1.165) is 5.92 Å². The summed E-state index contributed by atoms with van der Waals surface area (Å²) in [6.07, 6.45) is 15.2.